The van der Waals surface area contributed by atoms with Gasteiger partial charge in [0.15, 0.2) is 0 Å². The van der Waals surface area contributed by atoms with Crippen LogP contribution >= 0.6 is 12.2 Å². The fourth-order valence-electron chi connectivity index (χ4n) is 2.35. The summed E-state index contributed by atoms with van der Waals surface area (Å²) in [5.41, 5.74) is 4.47. The molecule has 0 aliphatic heterocycles. The van der Waals surface area contributed by atoms with Gasteiger partial charge in [0.2, 0.25) is 0 Å². The molecule has 0 radical (unpaired) electrons. The van der Waals surface area contributed by atoms with Gasteiger partial charge in [-0.05, 0) is 12.5 Å². The third kappa shape index (κ3) is 3.09. The van der Waals surface area contributed by atoms with Crippen molar-refractivity contribution in [2.45, 2.75) is 13.3 Å². The molecule has 3 rings (SSSR count). The monoisotopic (exact) mass is 292 g/mol. The van der Waals surface area contributed by atoms with Gasteiger partial charge in [-0.15, -0.1) is 0 Å². The molecule has 3 aromatic rings. The first-order valence-electron chi connectivity index (χ1n) is 6.93. The van der Waals surface area contributed by atoms with Gasteiger partial charge in [0, 0.05) is 23.2 Å². The molecule has 0 saturated heterocycles. The van der Waals surface area contributed by atoms with Gasteiger partial charge in [0.05, 0.1) is 0 Å². The van der Waals surface area contributed by atoms with Gasteiger partial charge in [-0.1, -0.05) is 72.9 Å². The van der Waals surface area contributed by atoms with Crippen LogP contribution in [0.1, 0.15) is 16.8 Å². The Hall–Kier alpha value is -2.26. The Bertz CT molecular complexity index is 792. The zero-order valence-electron chi connectivity index (χ0n) is 11.8. The molecule has 1 N–H and O–H groups in total. The van der Waals surface area contributed by atoms with Gasteiger partial charge in [-0.3, -0.25) is 0 Å². The van der Waals surface area contributed by atoms with E-state index in [1.54, 1.807) is 0 Å². The molecule has 21 heavy (non-hydrogen) atoms. The quantitative estimate of drug-likeness (QED) is 0.708. The molecular formula is C18H16N2S. The maximum absolute atomic E-state index is 5.50. The van der Waals surface area contributed by atoms with Gasteiger partial charge in [-0.25, -0.2) is 4.98 Å². The van der Waals surface area contributed by atoms with Crippen LogP contribution in [0, 0.1) is 11.6 Å². The number of aryl methyl sites for hydroxylation is 1. The standard InChI is InChI=1S/C18H16N2S/c1-13-16(12-14-8-4-2-5-9-14)18(21)20-17(19-13)15-10-6-3-7-11-15/h2-11H,12H2,1H3,(H,19,20,21). The lowest BCUT2D eigenvalue weighted by Crippen LogP contribution is -2.01. The van der Waals surface area contributed by atoms with Gasteiger partial charge in [0.25, 0.3) is 0 Å². The van der Waals surface area contributed by atoms with Crippen molar-refractivity contribution in [2.75, 3.05) is 0 Å². The fourth-order valence-corrected chi connectivity index (χ4v) is 2.67. The Morgan fingerprint density at radius 2 is 1.57 bits per heavy atom. The lowest BCUT2D eigenvalue weighted by molar-refractivity contribution is 1.01. The smallest absolute Gasteiger partial charge is 0.139 e. The minimum atomic E-state index is 0.675. The van der Waals surface area contributed by atoms with E-state index in [9.17, 15) is 0 Å². The van der Waals surface area contributed by atoms with Crippen LogP contribution in [-0.4, -0.2) is 9.97 Å². The van der Waals surface area contributed by atoms with E-state index in [0.717, 1.165) is 29.1 Å². The summed E-state index contributed by atoms with van der Waals surface area (Å²) in [4.78, 5) is 7.94. The molecule has 0 unspecified atom stereocenters. The highest BCUT2D eigenvalue weighted by Crippen LogP contribution is 2.19. The van der Waals surface area contributed by atoms with Gasteiger partial charge < -0.3 is 4.98 Å². The number of hydrogen-bond donors (Lipinski definition) is 1. The molecule has 1 aromatic heterocycles. The molecule has 0 spiro atoms. The van der Waals surface area contributed by atoms with Crippen LogP contribution in [0.25, 0.3) is 11.4 Å². The second-order valence-corrected chi connectivity index (χ2v) is 5.41. The molecule has 104 valence electrons. The van der Waals surface area contributed by atoms with E-state index >= 15 is 0 Å². The third-order valence-electron chi connectivity index (χ3n) is 3.50. The molecule has 0 atom stereocenters. The zero-order valence-corrected chi connectivity index (χ0v) is 12.7. The second-order valence-electron chi connectivity index (χ2n) is 5.02. The van der Waals surface area contributed by atoms with Crippen molar-refractivity contribution in [1.29, 1.82) is 0 Å². The molecule has 0 fully saturated rings. The zero-order chi connectivity index (χ0) is 14.7. The normalized spacial score (nSPS) is 10.5. The van der Waals surface area contributed by atoms with E-state index in [1.165, 1.54) is 5.56 Å². The predicted octanol–water partition coefficient (Wildman–Crippen LogP) is 4.71. The summed E-state index contributed by atoms with van der Waals surface area (Å²) in [6, 6.07) is 20.4. The van der Waals surface area contributed by atoms with E-state index in [0.29, 0.717) is 4.64 Å². The SMILES string of the molecule is Cc1[nH]c(-c2ccccc2)nc(=S)c1Cc1ccccc1. The van der Waals surface area contributed by atoms with Crippen LogP contribution in [0.3, 0.4) is 0 Å². The largest absolute Gasteiger partial charge is 0.343 e. The molecule has 0 saturated carbocycles. The van der Waals surface area contributed by atoms with Crippen molar-refractivity contribution in [1.82, 2.24) is 9.97 Å². The fraction of sp³-hybridized carbons (Fsp3) is 0.111. The first-order valence-corrected chi connectivity index (χ1v) is 7.34. The van der Waals surface area contributed by atoms with Crippen LogP contribution < -0.4 is 0 Å². The van der Waals surface area contributed by atoms with E-state index in [-0.39, 0.29) is 0 Å². The lowest BCUT2D eigenvalue weighted by Gasteiger charge is -2.09. The summed E-state index contributed by atoms with van der Waals surface area (Å²) in [5.74, 6) is 0.829. The number of H-pyrrole nitrogens is 1. The molecule has 0 aliphatic carbocycles. The van der Waals surface area contributed by atoms with Crippen LogP contribution in [0.15, 0.2) is 60.7 Å². The number of benzene rings is 2. The van der Waals surface area contributed by atoms with E-state index in [4.69, 9.17) is 12.2 Å². The molecule has 2 nitrogen and oxygen atoms in total. The number of rotatable bonds is 3. The maximum atomic E-state index is 5.50. The first-order chi connectivity index (χ1) is 10.2. The molecule has 0 amide bonds. The Labute approximate surface area is 129 Å². The molecular weight excluding hydrogens is 276 g/mol. The Kier molecular flexibility index (Phi) is 3.93. The van der Waals surface area contributed by atoms with Crippen molar-refractivity contribution in [3.8, 4) is 11.4 Å². The van der Waals surface area contributed by atoms with Crippen molar-refractivity contribution in [3.63, 3.8) is 0 Å². The molecule has 2 aromatic carbocycles. The van der Waals surface area contributed by atoms with Crippen molar-refractivity contribution in [2.24, 2.45) is 0 Å². The summed E-state index contributed by atoms with van der Waals surface area (Å²) in [6.07, 6.45) is 0.810. The summed E-state index contributed by atoms with van der Waals surface area (Å²) in [5, 5.41) is 0. The van der Waals surface area contributed by atoms with Crippen molar-refractivity contribution in [3.05, 3.63) is 82.1 Å². The number of nitrogens with zero attached hydrogens (tertiary/aromatic N) is 1. The molecule has 0 aliphatic rings. The molecule has 0 bridgehead atoms. The number of nitrogens with one attached hydrogen (secondary N) is 1. The topological polar surface area (TPSA) is 28.7 Å². The van der Waals surface area contributed by atoms with Crippen molar-refractivity contribution < 1.29 is 0 Å². The minimum absolute atomic E-state index is 0.675. The highest BCUT2D eigenvalue weighted by molar-refractivity contribution is 7.71. The number of hydrogen-bond acceptors (Lipinski definition) is 2. The van der Waals surface area contributed by atoms with Crippen LogP contribution in [-0.2, 0) is 6.42 Å². The average Bonchev–Trinajstić information content (AvgIpc) is 2.52. The van der Waals surface area contributed by atoms with Crippen LogP contribution in [0.2, 0.25) is 0 Å². The van der Waals surface area contributed by atoms with Crippen LogP contribution in [0.4, 0.5) is 0 Å². The average molecular weight is 292 g/mol. The summed E-state index contributed by atoms with van der Waals surface area (Å²) < 4.78 is 0.675. The predicted molar refractivity (Wildman–Crippen MR) is 88.8 cm³/mol. The van der Waals surface area contributed by atoms with Gasteiger partial charge in [-0.2, -0.15) is 0 Å². The Morgan fingerprint density at radius 1 is 0.952 bits per heavy atom. The van der Waals surface area contributed by atoms with Gasteiger partial charge >= 0.3 is 0 Å². The third-order valence-corrected chi connectivity index (χ3v) is 3.84. The summed E-state index contributed by atoms with van der Waals surface area (Å²) >= 11 is 5.50. The minimum Gasteiger partial charge on any atom is -0.343 e. The Balaban J connectivity index is 1.99. The molecule has 1 heterocycles. The molecule has 3 heteroatoms. The van der Waals surface area contributed by atoms with Crippen LogP contribution in [0.5, 0.6) is 0 Å². The van der Waals surface area contributed by atoms with E-state index in [2.05, 4.69) is 29.0 Å². The summed E-state index contributed by atoms with van der Waals surface area (Å²) in [7, 11) is 0. The second kappa shape index (κ2) is 6.02. The summed E-state index contributed by atoms with van der Waals surface area (Å²) in [6.45, 7) is 2.06. The number of aromatic nitrogens is 2. The maximum Gasteiger partial charge on any atom is 0.139 e. The van der Waals surface area contributed by atoms with E-state index in [1.807, 2.05) is 48.5 Å². The van der Waals surface area contributed by atoms with Crippen molar-refractivity contribution >= 4 is 12.2 Å². The Morgan fingerprint density at radius 3 is 2.19 bits per heavy atom. The highest BCUT2D eigenvalue weighted by atomic mass is 32.1. The van der Waals surface area contributed by atoms with E-state index < -0.39 is 0 Å². The first kappa shape index (κ1) is 13.7. The highest BCUT2D eigenvalue weighted by Gasteiger charge is 2.07. The van der Waals surface area contributed by atoms with Gasteiger partial charge in [0.1, 0.15) is 10.5 Å². The lowest BCUT2D eigenvalue weighted by atomic mass is 10.1. The number of aromatic amines is 1.